The Bertz CT molecular complexity index is 1020. The first-order chi connectivity index (χ1) is 12.6. The second-order valence-electron chi connectivity index (χ2n) is 7.13. The van der Waals surface area contributed by atoms with Gasteiger partial charge in [0.15, 0.2) is 17.5 Å². The molecule has 0 radical (unpaired) electrons. The van der Waals surface area contributed by atoms with Crippen LogP contribution in [-0.4, -0.2) is 23.8 Å². The molecule has 0 saturated heterocycles. The minimum atomic E-state index is -3.74. The van der Waals surface area contributed by atoms with E-state index < -0.39 is 10.0 Å². The molecule has 0 aliphatic heterocycles. The van der Waals surface area contributed by atoms with Gasteiger partial charge in [0.1, 0.15) is 5.76 Å². The number of anilines is 3. The van der Waals surface area contributed by atoms with E-state index in [1.807, 2.05) is 12.1 Å². The molecular formula is C18H21N5O3S. The fraction of sp³-hybridized carbons (Fsp3) is 0.278. The van der Waals surface area contributed by atoms with Crippen molar-refractivity contribution >= 4 is 27.5 Å². The highest BCUT2D eigenvalue weighted by atomic mass is 32.2. The first-order valence-corrected chi connectivity index (χ1v) is 9.79. The predicted molar refractivity (Wildman–Crippen MR) is 103 cm³/mol. The minimum absolute atomic E-state index is 0.0492. The number of aryl methyl sites for hydroxylation is 1. The number of sulfonamides is 1. The molecule has 0 bridgehead atoms. The molecule has 1 aromatic carbocycles. The van der Waals surface area contributed by atoms with Crippen molar-refractivity contribution < 1.29 is 12.9 Å². The van der Waals surface area contributed by atoms with E-state index in [4.69, 9.17) is 4.52 Å². The van der Waals surface area contributed by atoms with Crippen LogP contribution in [-0.2, 0) is 15.4 Å². The molecule has 3 aromatic rings. The SMILES string of the molecule is Cc1cc(Nc2ccc(NS(=O)(=O)c3ccc(C(C)(C)C)cc3)nn2)no1. The van der Waals surface area contributed by atoms with Gasteiger partial charge in [0.2, 0.25) is 0 Å². The summed E-state index contributed by atoms with van der Waals surface area (Å²) in [6.07, 6.45) is 0. The molecule has 142 valence electrons. The average Bonchev–Trinajstić information content (AvgIpc) is 3.01. The van der Waals surface area contributed by atoms with Crippen LogP contribution in [0, 0.1) is 6.92 Å². The number of nitrogens with one attached hydrogen (secondary N) is 2. The highest BCUT2D eigenvalue weighted by Gasteiger charge is 2.18. The Morgan fingerprint density at radius 1 is 0.926 bits per heavy atom. The van der Waals surface area contributed by atoms with Crippen molar-refractivity contribution in [3.05, 3.63) is 53.8 Å². The van der Waals surface area contributed by atoms with E-state index >= 15 is 0 Å². The lowest BCUT2D eigenvalue weighted by Gasteiger charge is -2.19. The van der Waals surface area contributed by atoms with Gasteiger partial charge in [-0.15, -0.1) is 10.2 Å². The van der Waals surface area contributed by atoms with Crippen LogP contribution in [0.2, 0.25) is 0 Å². The Morgan fingerprint density at radius 2 is 1.56 bits per heavy atom. The molecule has 0 aliphatic rings. The van der Waals surface area contributed by atoms with Crippen molar-refractivity contribution in [1.29, 1.82) is 0 Å². The molecule has 0 aliphatic carbocycles. The smallest absolute Gasteiger partial charge is 0.263 e. The van der Waals surface area contributed by atoms with E-state index in [0.717, 1.165) is 5.56 Å². The quantitative estimate of drug-likeness (QED) is 0.688. The van der Waals surface area contributed by atoms with Gasteiger partial charge in [0, 0.05) is 6.07 Å². The van der Waals surface area contributed by atoms with Gasteiger partial charge in [-0.1, -0.05) is 38.1 Å². The van der Waals surface area contributed by atoms with Crippen molar-refractivity contribution in [2.45, 2.75) is 38.0 Å². The van der Waals surface area contributed by atoms with Gasteiger partial charge in [-0.2, -0.15) is 0 Å². The maximum atomic E-state index is 12.5. The van der Waals surface area contributed by atoms with Gasteiger partial charge < -0.3 is 9.84 Å². The first-order valence-electron chi connectivity index (χ1n) is 8.31. The molecule has 0 saturated carbocycles. The number of hydrogen-bond acceptors (Lipinski definition) is 7. The molecule has 0 amide bonds. The van der Waals surface area contributed by atoms with E-state index in [1.165, 1.54) is 6.07 Å². The van der Waals surface area contributed by atoms with Crippen LogP contribution in [0.4, 0.5) is 17.5 Å². The summed E-state index contributed by atoms with van der Waals surface area (Å²) in [6.45, 7) is 7.98. The molecule has 0 unspecified atom stereocenters. The summed E-state index contributed by atoms with van der Waals surface area (Å²) in [7, 11) is -3.74. The van der Waals surface area contributed by atoms with Crippen LogP contribution >= 0.6 is 0 Å². The molecule has 8 nitrogen and oxygen atoms in total. The first kappa shape index (κ1) is 18.8. The van der Waals surface area contributed by atoms with Crippen LogP contribution in [0.15, 0.2) is 51.9 Å². The van der Waals surface area contributed by atoms with Crippen LogP contribution in [0.1, 0.15) is 32.1 Å². The Kier molecular flexibility index (Phi) is 4.88. The van der Waals surface area contributed by atoms with Gasteiger partial charge in [0.25, 0.3) is 10.0 Å². The third-order valence-electron chi connectivity index (χ3n) is 3.82. The van der Waals surface area contributed by atoms with Gasteiger partial charge in [-0.3, -0.25) is 4.72 Å². The van der Waals surface area contributed by atoms with Crippen molar-refractivity contribution in [3.63, 3.8) is 0 Å². The zero-order valence-electron chi connectivity index (χ0n) is 15.5. The van der Waals surface area contributed by atoms with E-state index in [2.05, 4.69) is 46.2 Å². The molecule has 2 heterocycles. The van der Waals surface area contributed by atoms with Gasteiger partial charge >= 0.3 is 0 Å². The van der Waals surface area contributed by atoms with Gasteiger partial charge in [0.05, 0.1) is 4.90 Å². The summed E-state index contributed by atoms with van der Waals surface area (Å²) >= 11 is 0. The molecular weight excluding hydrogens is 366 g/mol. The maximum Gasteiger partial charge on any atom is 0.263 e. The Morgan fingerprint density at radius 3 is 2.07 bits per heavy atom. The summed E-state index contributed by atoms with van der Waals surface area (Å²) in [5.74, 6) is 1.69. The third kappa shape index (κ3) is 4.62. The number of aromatic nitrogens is 3. The average molecular weight is 387 g/mol. The predicted octanol–water partition coefficient (Wildman–Crippen LogP) is 3.61. The zero-order valence-corrected chi connectivity index (χ0v) is 16.3. The van der Waals surface area contributed by atoms with E-state index in [-0.39, 0.29) is 16.1 Å². The highest BCUT2D eigenvalue weighted by Crippen LogP contribution is 2.24. The van der Waals surface area contributed by atoms with Gasteiger partial charge in [-0.05, 0) is 42.2 Å². The fourth-order valence-corrected chi connectivity index (χ4v) is 3.34. The summed E-state index contributed by atoms with van der Waals surface area (Å²) in [5.41, 5.74) is 1.01. The Balaban J connectivity index is 1.72. The van der Waals surface area contributed by atoms with E-state index in [1.54, 1.807) is 31.2 Å². The number of hydrogen-bond donors (Lipinski definition) is 2. The van der Waals surface area contributed by atoms with E-state index in [0.29, 0.717) is 17.4 Å². The molecule has 0 fully saturated rings. The second kappa shape index (κ2) is 6.99. The molecule has 0 atom stereocenters. The molecule has 2 N–H and O–H groups in total. The van der Waals surface area contributed by atoms with Crippen molar-refractivity contribution in [2.24, 2.45) is 0 Å². The van der Waals surface area contributed by atoms with Crippen molar-refractivity contribution in [2.75, 3.05) is 10.0 Å². The summed E-state index contributed by atoms with van der Waals surface area (Å²) in [4.78, 5) is 0.164. The third-order valence-corrected chi connectivity index (χ3v) is 5.19. The van der Waals surface area contributed by atoms with Crippen LogP contribution in [0.25, 0.3) is 0 Å². The van der Waals surface area contributed by atoms with Gasteiger partial charge in [-0.25, -0.2) is 8.42 Å². The molecule has 27 heavy (non-hydrogen) atoms. The lowest BCUT2D eigenvalue weighted by molar-refractivity contribution is 0.400. The second-order valence-corrected chi connectivity index (χ2v) is 8.81. The molecule has 9 heteroatoms. The maximum absolute atomic E-state index is 12.5. The highest BCUT2D eigenvalue weighted by molar-refractivity contribution is 7.92. The fourth-order valence-electron chi connectivity index (χ4n) is 2.34. The lowest BCUT2D eigenvalue weighted by atomic mass is 9.87. The molecule has 2 aromatic heterocycles. The normalized spacial score (nSPS) is 12.0. The summed E-state index contributed by atoms with van der Waals surface area (Å²) in [5, 5.41) is 14.5. The Hall–Kier alpha value is -2.94. The monoisotopic (exact) mass is 387 g/mol. The number of nitrogens with zero attached hydrogens (tertiary/aromatic N) is 3. The topological polar surface area (TPSA) is 110 Å². The number of benzene rings is 1. The van der Waals surface area contributed by atoms with Crippen molar-refractivity contribution in [1.82, 2.24) is 15.4 Å². The largest absolute Gasteiger partial charge is 0.360 e. The summed E-state index contributed by atoms with van der Waals surface area (Å²) in [6, 6.07) is 11.6. The minimum Gasteiger partial charge on any atom is -0.360 e. The summed E-state index contributed by atoms with van der Waals surface area (Å²) < 4.78 is 32.4. The standard InChI is InChI=1S/C18H21N5O3S/c1-12-11-17(22-26-12)19-15-9-10-16(21-20-15)23-27(24,25)14-7-5-13(6-8-14)18(2,3)4/h5-11H,1-4H3,(H,21,23)(H,19,20,22). The molecule has 0 spiro atoms. The lowest BCUT2D eigenvalue weighted by Crippen LogP contribution is -2.16. The number of rotatable bonds is 5. The van der Waals surface area contributed by atoms with Crippen LogP contribution < -0.4 is 10.0 Å². The Labute approximate surface area is 158 Å². The van der Waals surface area contributed by atoms with E-state index in [9.17, 15) is 8.42 Å². The zero-order chi connectivity index (χ0) is 19.7. The van der Waals surface area contributed by atoms with Crippen LogP contribution in [0.5, 0.6) is 0 Å². The van der Waals surface area contributed by atoms with Crippen molar-refractivity contribution in [3.8, 4) is 0 Å². The molecule has 3 rings (SSSR count). The van der Waals surface area contributed by atoms with Crippen LogP contribution in [0.3, 0.4) is 0 Å².